The minimum atomic E-state index is -0.0554. The Morgan fingerprint density at radius 2 is 2.10 bits per heavy atom. The predicted molar refractivity (Wildman–Crippen MR) is 117 cm³/mol. The summed E-state index contributed by atoms with van der Waals surface area (Å²) < 4.78 is 3.79. The highest BCUT2D eigenvalue weighted by Crippen LogP contribution is 2.30. The highest BCUT2D eigenvalue weighted by atomic mass is 16.3. The number of aliphatic hydroxyl groups excluding tert-OH is 1. The number of aliphatic hydroxyl groups is 1. The van der Waals surface area contributed by atoms with Crippen LogP contribution in [0.1, 0.15) is 31.7 Å². The van der Waals surface area contributed by atoms with Crippen LogP contribution in [0.3, 0.4) is 0 Å². The number of nitrogens with zero attached hydrogens (tertiary/aromatic N) is 5. The molecule has 4 heterocycles. The zero-order valence-corrected chi connectivity index (χ0v) is 17.3. The van der Waals surface area contributed by atoms with E-state index in [0.29, 0.717) is 12.0 Å². The van der Waals surface area contributed by atoms with Gasteiger partial charge in [-0.2, -0.15) is 5.10 Å². The molecule has 0 spiro atoms. The van der Waals surface area contributed by atoms with Gasteiger partial charge >= 0.3 is 0 Å². The van der Waals surface area contributed by atoms with E-state index in [4.69, 9.17) is 4.98 Å². The van der Waals surface area contributed by atoms with Crippen LogP contribution >= 0.6 is 0 Å². The van der Waals surface area contributed by atoms with Gasteiger partial charge in [0.25, 0.3) is 0 Å². The van der Waals surface area contributed by atoms with Crippen molar-refractivity contribution in [1.29, 1.82) is 0 Å². The minimum absolute atomic E-state index is 0.0554. The first kappa shape index (κ1) is 18.8. The Balaban J connectivity index is 1.55. The van der Waals surface area contributed by atoms with E-state index in [9.17, 15) is 5.11 Å². The Bertz CT molecular complexity index is 1190. The molecular weight excluding hydrogens is 376 g/mol. The van der Waals surface area contributed by atoms with Crippen LogP contribution in [-0.4, -0.2) is 35.3 Å². The van der Waals surface area contributed by atoms with Crippen molar-refractivity contribution < 1.29 is 5.11 Å². The number of fused-ring (bicyclic) bond motifs is 1. The van der Waals surface area contributed by atoms with Gasteiger partial charge in [-0.15, -0.1) is 0 Å². The first-order valence-corrected chi connectivity index (χ1v) is 10.5. The van der Waals surface area contributed by atoms with E-state index < -0.39 is 0 Å². The summed E-state index contributed by atoms with van der Waals surface area (Å²) in [4.78, 5) is 9.43. The van der Waals surface area contributed by atoms with E-state index in [1.165, 1.54) is 19.3 Å². The second-order valence-electron chi connectivity index (χ2n) is 8.21. The maximum atomic E-state index is 9.88. The van der Waals surface area contributed by atoms with E-state index in [-0.39, 0.29) is 6.61 Å². The summed E-state index contributed by atoms with van der Waals surface area (Å²) >= 11 is 0. The van der Waals surface area contributed by atoms with Crippen LogP contribution in [0.25, 0.3) is 28.2 Å². The van der Waals surface area contributed by atoms with Crippen molar-refractivity contribution in [2.24, 2.45) is 13.0 Å². The lowest BCUT2D eigenvalue weighted by molar-refractivity contribution is 0.282. The number of nitrogens with one attached hydrogen (secondary N) is 1. The van der Waals surface area contributed by atoms with Gasteiger partial charge in [0.1, 0.15) is 11.5 Å². The molecule has 7 heteroatoms. The Kier molecular flexibility index (Phi) is 4.75. The standard InChI is InChI=1S/C23H26N6O/c1-15-5-3-6-19(15)26-22-8-4-7-20(27-22)21-11-24-23-9-16(14-30)18(13-29(21)23)17-10-25-28(2)12-17/h4,7-13,15,19,30H,3,5-6,14H2,1-2H3,(H,26,27)/t15-,19-/m0/s1. The third kappa shape index (κ3) is 3.35. The molecule has 2 N–H and O–H groups in total. The Morgan fingerprint density at radius 3 is 2.83 bits per heavy atom. The molecule has 30 heavy (non-hydrogen) atoms. The number of aryl methyl sites for hydroxylation is 1. The molecule has 7 nitrogen and oxygen atoms in total. The molecule has 4 aromatic rings. The fourth-order valence-electron chi connectivity index (χ4n) is 4.41. The van der Waals surface area contributed by atoms with Crippen molar-refractivity contribution in [2.45, 2.75) is 38.8 Å². The number of rotatable bonds is 5. The normalized spacial score (nSPS) is 18.9. The summed E-state index contributed by atoms with van der Waals surface area (Å²) in [6.07, 6.45) is 11.4. The van der Waals surface area contributed by atoms with Crippen LogP contribution in [0.2, 0.25) is 0 Å². The van der Waals surface area contributed by atoms with Crippen LogP contribution in [-0.2, 0) is 13.7 Å². The predicted octanol–water partition coefficient (Wildman–Crippen LogP) is 3.89. The third-order valence-corrected chi connectivity index (χ3v) is 6.13. The lowest BCUT2D eigenvalue weighted by Gasteiger charge is -2.18. The zero-order chi connectivity index (χ0) is 20.7. The van der Waals surface area contributed by atoms with E-state index in [2.05, 4.69) is 22.3 Å². The quantitative estimate of drug-likeness (QED) is 0.529. The maximum Gasteiger partial charge on any atom is 0.137 e. The van der Waals surface area contributed by atoms with Crippen LogP contribution in [0.15, 0.2) is 49.1 Å². The average Bonchev–Trinajstić information content (AvgIpc) is 3.47. The SMILES string of the molecule is C[C@H]1CCC[C@@H]1Nc1cccc(-c2cnc3cc(CO)c(-c4cnn(C)c4)cn23)n1. The van der Waals surface area contributed by atoms with Gasteiger partial charge in [-0.3, -0.25) is 9.08 Å². The number of anilines is 1. The smallest absolute Gasteiger partial charge is 0.137 e. The molecule has 154 valence electrons. The van der Waals surface area contributed by atoms with Gasteiger partial charge in [-0.05, 0) is 42.5 Å². The topological polar surface area (TPSA) is 80.3 Å². The van der Waals surface area contributed by atoms with Gasteiger partial charge < -0.3 is 10.4 Å². The summed E-state index contributed by atoms with van der Waals surface area (Å²) in [5, 5.41) is 17.8. The highest BCUT2D eigenvalue weighted by Gasteiger charge is 2.23. The minimum Gasteiger partial charge on any atom is -0.392 e. The molecule has 0 aliphatic heterocycles. The summed E-state index contributed by atoms with van der Waals surface area (Å²) in [6, 6.07) is 8.49. The second-order valence-corrected chi connectivity index (χ2v) is 8.21. The molecule has 1 fully saturated rings. The monoisotopic (exact) mass is 402 g/mol. The number of pyridine rings is 2. The molecule has 2 atom stereocenters. The van der Waals surface area contributed by atoms with Gasteiger partial charge in [0.05, 0.1) is 30.4 Å². The fourth-order valence-corrected chi connectivity index (χ4v) is 4.41. The van der Waals surface area contributed by atoms with Crippen LogP contribution in [0, 0.1) is 5.92 Å². The third-order valence-electron chi connectivity index (χ3n) is 6.13. The molecule has 0 bridgehead atoms. The van der Waals surface area contributed by atoms with Crippen molar-refractivity contribution in [3.8, 4) is 22.5 Å². The van der Waals surface area contributed by atoms with Crippen LogP contribution < -0.4 is 5.32 Å². The number of imidazole rings is 1. The Hall–Kier alpha value is -3.19. The Labute approximate surface area is 175 Å². The number of aromatic nitrogens is 5. The molecule has 0 unspecified atom stereocenters. The number of hydrogen-bond acceptors (Lipinski definition) is 5. The van der Waals surface area contributed by atoms with E-state index in [1.807, 2.05) is 60.5 Å². The molecule has 0 aromatic carbocycles. The van der Waals surface area contributed by atoms with Crippen molar-refractivity contribution in [3.05, 3.63) is 54.6 Å². The van der Waals surface area contributed by atoms with E-state index in [1.54, 1.807) is 4.68 Å². The van der Waals surface area contributed by atoms with Crippen molar-refractivity contribution in [1.82, 2.24) is 24.1 Å². The van der Waals surface area contributed by atoms with Gasteiger partial charge in [-0.25, -0.2) is 9.97 Å². The average molecular weight is 403 g/mol. The lowest BCUT2D eigenvalue weighted by Crippen LogP contribution is -2.22. The summed E-state index contributed by atoms with van der Waals surface area (Å²) in [7, 11) is 1.89. The molecule has 5 rings (SSSR count). The molecule has 0 radical (unpaired) electrons. The summed E-state index contributed by atoms with van der Waals surface area (Å²) in [5.74, 6) is 1.57. The van der Waals surface area contributed by atoms with Gasteiger partial charge in [0.15, 0.2) is 0 Å². The molecule has 4 aromatic heterocycles. The largest absolute Gasteiger partial charge is 0.392 e. The van der Waals surface area contributed by atoms with E-state index >= 15 is 0 Å². The molecule has 1 aliphatic carbocycles. The molecule has 0 amide bonds. The first-order chi connectivity index (χ1) is 14.6. The van der Waals surface area contributed by atoms with Gasteiger partial charge in [-0.1, -0.05) is 19.4 Å². The second kappa shape index (κ2) is 7.57. The van der Waals surface area contributed by atoms with Crippen molar-refractivity contribution in [2.75, 3.05) is 5.32 Å². The molecule has 1 saturated carbocycles. The van der Waals surface area contributed by atoms with Crippen molar-refractivity contribution in [3.63, 3.8) is 0 Å². The van der Waals surface area contributed by atoms with E-state index in [0.717, 1.165) is 39.5 Å². The zero-order valence-electron chi connectivity index (χ0n) is 17.3. The van der Waals surface area contributed by atoms with Crippen molar-refractivity contribution >= 4 is 11.5 Å². The summed E-state index contributed by atoms with van der Waals surface area (Å²) in [6.45, 7) is 2.25. The van der Waals surface area contributed by atoms with Crippen LogP contribution in [0.5, 0.6) is 0 Å². The van der Waals surface area contributed by atoms with Crippen LogP contribution in [0.4, 0.5) is 5.82 Å². The highest BCUT2D eigenvalue weighted by molar-refractivity contribution is 5.71. The molecule has 0 saturated heterocycles. The number of hydrogen-bond donors (Lipinski definition) is 2. The molecular formula is C23H26N6O. The van der Waals surface area contributed by atoms with Gasteiger partial charge in [0, 0.05) is 36.6 Å². The lowest BCUT2D eigenvalue weighted by atomic mass is 10.1. The molecule has 1 aliphatic rings. The van der Waals surface area contributed by atoms with Gasteiger partial charge in [0.2, 0.25) is 0 Å². The Morgan fingerprint density at radius 1 is 1.20 bits per heavy atom. The summed E-state index contributed by atoms with van der Waals surface area (Å²) in [5.41, 5.74) is 5.29. The maximum absolute atomic E-state index is 9.88. The first-order valence-electron chi connectivity index (χ1n) is 10.5. The fraction of sp³-hybridized carbons (Fsp3) is 0.348.